The molecule has 7 nitrogen and oxygen atoms in total. The number of hydrogen-bond acceptors (Lipinski definition) is 7. The molecule has 0 aromatic heterocycles. The maximum atomic E-state index is 12.1. The molecule has 1 N–H and O–H groups in total. The fourth-order valence-electron chi connectivity index (χ4n) is 2.53. The lowest BCUT2D eigenvalue weighted by Crippen LogP contribution is -2.42. The molecule has 0 heterocycles. The zero-order valence-corrected chi connectivity index (χ0v) is 20.9. The summed E-state index contributed by atoms with van der Waals surface area (Å²) >= 11 is 1.74. The number of phosphoric ester groups is 1. The second-order valence-electron chi connectivity index (χ2n) is 8.00. The van der Waals surface area contributed by atoms with Gasteiger partial charge in [0.1, 0.15) is 5.60 Å². The predicted molar refractivity (Wildman–Crippen MR) is 121 cm³/mol. The zero-order chi connectivity index (χ0) is 22.2. The van der Waals surface area contributed by atoms with Crippen molar-refractivity contribution in [3.63, 3.8) is 0 Å². The standard InChI is InChI=1S/C20H42NO6PS/c1-7-8-9-10-11-12-13-14-15-29-17-18(16-26-28(23,24-5)25-6)21-19(22)27-20(2,3)4/h18H,7-17H2,1-6H3,(H,21,22)/t18-/m0/s1. The smallest absolute Gasteiger partial charge is 0.444 e. The van der Waals surface area contributed by atoms with E-state index >= 15 is 0 Å². The van der Waals surface area contributed by atoms with Gasteiger partial charge in [0.25, 0.3) is 0 Å². The van der Waals surface area contributed by atoms with Gasteiger partial charge in [-0.2, -0.15) is 11.8 Å². The van der Waals surface area contributed by atoms with Gasteiger partial charge >= 0.3 is 13.9 Å². The Bertz CT molecular complexity index is 464. The Hall–Kier alpha value is -0.270. The number of thioether (sulfide) groups is 1. The number of carbonyl (C=O) groups excluding carboxylic acids is 1. The average molecular weight is 456 g/mol. The largest absolute Gasteiger partial charge is 0.474 e. The summed E-state index contributed by atoms with van der Waals surface area (Å²) in [6, 6.07) is -0.359. The number of unbranched alkanes of at least 4 members (excludes halogenated alkanes) is 7. The molecule has 9 heteroatoms. The molecule has 0 saturated heterocycles. The summed E-state index contributed by atoms with van der Waals surface area (Å²) in [4.78, 5) is 12.1. The molecule has 0 saturated carbocycles. The molecule has 0 aromatic carbocycles. The third kappa shape index (κ3) is 17.1. The van der Waals surface area contributed by atoms with Gasteiger partial charge in [0.2, 0.25) is 0 Å². The molecule has 29 heavy (non-hydrogen) atoms. The number of ether oxygens (including phenoxy) is 1. The molecule has 0 bridgehead atoms. The van der Waals surface area contributed by atoms with Crippen LogP contribution in [0.5, 0.6) is 0 Å². The first-order chi connectivity index (χ1) is 13.7. The molecular weight excluding hydrogens is 413 g/mol. The minimum absolute atomic E-state index is 0.0165. The number of nitrogens with one attached hydrogen (secondary N) is 1. The Labute approximate surface area is 182 Å². The number of phosphoric acid groups is 1. The highest BCUT2D eigenvalue weighted by molar-refractivity contribution is 7.99. The van der Waals surface area contributed by atoms with Crippen LogP contribution in [-0.2, 0) is 22.9 Å². The van der Waals surface area contributed by atoms with Gasteiger partial charge in [-0.15, -0.1) is 0 Å². The van der Waals surface area contributed by atoms with E-state index in [4.69, 9.17) is 18.3 Å². The topological polar surface area (TPSA) is 83.1 Å². The lowest BCUT2D eigenvalue weighted by atomic mass is 10.1. The van der Waals surface area contributed by atoms with Crippen LogP contribution >= 0.6 is 19.6 Å². The van der Waals surface area contributed by atoms with E-state index in [1.54, 1.807) is 32.5 Å². The van der Waals surface area contributed by atoms with E-state index in [9.17, 15) is 9.36 Å². The molecule has 1 amide bonds. The first-order valence-electron chi connectivity index (χ1n) is 10.6. The summed E-state index contributed by atoms with van der Waals surface area (Å²) in [5.74, 6) is 1.64. The van der Waals surface area contributed by atoms with Gasteiger partial charge in [-0.05, 0) is 32.9 Å². The summed E-state index contributed by atoms with van der Waals surface area (Å²) in [6.07, 6.45) is 9.72. The van der Waals surface area contributed by atoms with E-state index in [-0.39, 0.29) is 12.6 Å². The van der Waals surface area contributed by atoms with Crippen molar-refractivity contribution in [1.82, 2.24) is 5.32 Å². The van der Waals surface area contributed by atoms with Crippen molar-refractivity contribution in [2.45, 2.75) is 90.7 Å². The zero-order valence-electron chi connectivity index (χ0n) is 19.2. The van der Waals surface area contributed by atoms with Crippen LogP contribution in [0, 0.1) is 0 Å². The van der Waals surface area contributed by atoms with Gasteiger partial charge in [0, 0.05) is 20.0 Å². The predicted octanol–water partition coefficient (Wildman–Crippen LogP) is 6.17. The highest BCUT2D eigenvalue weighted by Gasteiger charge is 2.26. The van der Waals surface area contributed by atoms with Crippen molar-refractivity contribution < 1.29 is 27.7 Å². The molecule has 1 atom stereocenters. The molecule has 0 aromatic rings. The van der Waals surface area contributed by atoms with Gasteiger partial charge in [0.05, 0.1) is 12.6 Å². The molecule has 0 fully saturated rings. The van der Waals surface area contributed by atoms with E-state index in [2.05, 4.69) is 12.2 Å². The normalized spacial score (nSPS) is 13.3. The van der Waals surface area contributed by atoms with Crippen molar-refractivity contribution in [2.75, 3.05) is 32.3 Å². The molecule has 174 valence electrons. The summed E-state index contributed by atoms with van der Waals surface area (Å²) in [7, 11) is -1.06. The second-order valence-corrected chi connectivity index (χ2v) is 11.0. The number of alkyl carbamates (subject to hydrolysis) is 1. The molecule has 0 aliphatic heterocycles. The number of hydrogen-bond donors (Lipinski definition) is 1. The van der Waals surface area contributed by atoms with Gasteiger partial charge in [-0.3, -0.25) is 13.6 Å². The fraction of sp³-hybridized carbons (Fsp3) is 0.950. The van der Waals surface area contributed by atoms with Crippen molar-refractivity contribution in [3.05, 3.63) is 0 Å². The van der Waals surface area contributed by atoms with Crippen LogP contribution in [0.3, 0.4) is 0 Å². The van der Waals surface area contributed by atoms with E-state index < -0.39 is 19.5 Å². The molecule has 0 spiro atoms. The number of carbonyl (C=O) groups is 1. The summed E-state index contributed by atoms with van der Waals surface area (Å²) in [5.41, 5.74) is -0.589. The molecule has 0 radical (unpaired) electrons. The third-order valence-corrected chi connectivity index (χ3v) is 6.64. The van der Waals surface area contributed by atoms with E-state index in [0.717, 1.165) is 12.2 Å². The molecule has 0 aliphatic rings. The van der Waals surface area contributed by atoms with E-state index in [1.807, 2.05) is 0 Å². The highest BCUT2D eigenvalue weighted by atomic mass is 32.2. The average Bonchev–Trinajstić information content (AvgIpc) is 2.65. The fourth-order valence-corrected chi connectivity index (χ4v) is 4.29. The monoisotopic (exact) mass is 455 g/mol. The molecular formula is C20H42NO6PS. The van der Waals surface area contributed by atoms with Gasteiger partial charge < -0.3 is 10.1 Å². The summed E-state index contributed by atoms with van der Waals surface area (Å²) in [6.45, 7) is 7.66. The Morgan fingerprint density at radius 2 is 1.55 bits per heavy atom. The Balaban J connectivity index is 4.27. The SMILES string of the molecule is CCCCCCCCCCSC[C@H](COP(=O)(OC)OC)NC(=O)OC(C)(C)C. The van der Waals surface area contributed by atoms with E-state index in [1.165, 1.54) is 59.2 Å². The van der Waals surface area contributed by atoms with Crippen LogP contribution in [0.4, 0.5) is 4.79 Å². The quantitative estimate of drug-likeness (QED) is 0.207. The van der Waals surface area contributed by atoms with E-state index in [0.29, 0.717) is 5.75 Å². The summed E-state index contributed by atoms with van der Waals surface area (Å²) < 4.78 is 32.3. The number of amides is 1. The van der Waals surface area contributed by atoms with Crippen LogP contribution < -0.4 is 5.32 Å². The van der Waals surface area contributed by atoms with Gasteiger partial charge in [-0.1, -0.05) is 51.9 Å². The first-order valence-corrected chi connectivity index (χ1v) is 13.2. The maximum Gasteiger partial charge on any atom is 0.474 e. The lowest BCUT2D eigenvalue weighted by Gasteiger charge is -2.24. The van der Waals surface area contributed by atoms with Gasteiger partial charge in [-0.25, -0.2) is 9.36 Å². The minimum Gasteiger partial charge on any atom is -0.444 e. The second kappa shape index (κ2) is 16.4. The van der Waals surface area contributed by atoms with Crippen LogP contribution in [-0.4, -0.2) is 50.1 Å². The van der Waals surface area contributed by atoms with Crippen LogP contribution in [0.1, 0.15) is 79.1 Å². The van der Waals surface area contributed by atoms with Crippen molar-refractivity contribution in [2.24, 2.45) is 0 Å². The summed E-state index contributed by atoms with van der Waals surface area (Å²) in [5, 5.41) is 2.79. The Kier molecular flexibility index (Phi) is 16.3. The minimum atomic E-state index is -3.59. The lowest BCUT2D eigenvalue weighted by molar-refractivity contribution is 0.0483. The van der Waals surface area contributed by atoms with Crippen molar-refractivity contribution >= 4 is 25.7 Å². The van der Waals surface area contributed by atoms with Crippen molar-refractivity contribution in [1.29, 1.82) is 0 Å². The maximum absolute atomic E-state index is 12.1. The van der Waals surface area contributed by atoms with Crippen LogP contribution in [0.2, 0.25) is 0 Å². The van der Waals surface area contributed by atoms with Gasteiger partial charge in [0.15, 0.2) is 0 Å². The number of rotatable bonds is 17. The van der Waals surface area contributed by atoms with Crippen molar-refractivity contribution in [3.8, 4) is 0 Å². The first kappa shape index (κ1) is 28.7. The Morgan fingerprint density at radius 3 is 2.07 bits per heavy atom. The Morgan fingerprint density at radius 1 is 1.00 bits per heavy atom. The highest BCUT2D eigenvalue weighted by Crippen LogP contribution is 2.47. The van der Waals surface area contributed by atoms with Crippen LogP contribution in [0.15, 0.2) is 0 Å². The van der Waals surface area contributed by atoms with Crippen LogP contribution in [0.25, 0.3) is 0 Å². The third-order valence-electron chi connectivity index (χ3n) is 4.06. The molecule has 0 rings (SSSR count). The molecule has 0 aliphatic carbocycles. The molecule has 0 unspecified atom stereocenters.